The number of alkyl halides is 1. The number of aromatic nitrogens is 2. The Balaban J connectivity index is 2.41. The van der Waals surface area contributed by atoms with Crippen LogP contribution >= 0.6 is 38.9 Å². The van der Waals surface area contributed by atoms with Crippen molar-refractivity contribution in [1.29, 1.82) is 0 Å². The SMILES string of the molecule is O=c1/c(=C(/[O-])CCl)[n+]2cccc3sc4ccc(Br)cc4n1-c32. The number of hydrogen-bond donors (Lipinski definition) is 0. The lowest BCUT2D eigenvalue weighted by atomic mass is 10.3. The fraction of sp³-hybridized carbons (Fsp3) is 0.0667. The first-order valence-corrected chi connectivity index (χ1v) is 8.59. The van der Waals surface area contributed by atoms with E-state index in [0.29, 0.717) is 5.82 Å². The first-order valence-electron chi connectivity index (χ1n) is 6.45. The zero-order valence-corrected chi connectivity index (χ0v) is 14.2. The summed E-state index contributed by atoms with van der Waals surface area (Å²) in [4.78, 5) is 12.8. The van der Waals surface area contributed by atoms with Crippen molar-refractivity contribution in [2.45, 2.75) is 0 Å². The molecule has 2 aliphatic rings. The Morgan fingerprint density at radius 3 is 2.95 bits per heavy atom. The minimum Gasteiger partial charge on any atom is -0.872 e. The van der Waals surface area contributed by atoms with Crippen LogP contribution in [0, 0.1) is 0 Å². The number of imidazole rings is 1. The number of fused-ring (bicyclic) bond motifs is 2. The number of benzene rings is 1. The molecule has 1 aromatic heterocycles. The highest BCUT2D eigenvalue weighted by Gasteiger charge is 2.28. The van der Waals surface area contributed by atoms with Crippen LogP contribution in [0.1, 0.15) is 0 Å². The smallest absolute Gasteiger partial charge is 0.385 e. The van der Waals surface area contributed by atoms with E-state index in [1.165, 1.54) is 0 Å². The van der Waals surface area contributed by atoms with Crippen molar-refractivity contribution in [3.8, 4) is 5.82 Å². The molecule has 0 saturated heterocycles. The lowest BCUT2D eigenvalue weighted by Crippen LogP contribution is -2.47. The molecule has 0 bridgehead atoms. The normalized spacial score (nSPS) is 13.4. The van der Waals surface area contributed by atoms with Gasteiger partial charge in [-0.05, 0) is 24.3 Å². The second kappa shape index (κ2) is 4.94. The topological polar surface area (TPSA) is 49.2 Å². The first-order chi connectivity index (χ1) is 10.6. The van der Waals surface area contributed by atoms with Crippen LogP contribution < -0.4 is 20.4 Å². The van der Waals surface area contributed by atoms with Crippen LogP contribution in [0.3, 0.4) is 0 Å². The van der Waals surface area contributed by atoms with E-state index in [9.17, 15) is 9.90 Å². The highest BCUT2D eigenvalue weighted by atomic mass is 79.9. The van der Waals surface area contributed by atoms with E-state index in [4.69, 9.17) is 11.6 Å². The zero-order valence-electron chi connectivity index (χ0n) is 11.0. The molecule has 0 radical (unpaired) electrons. The minimum atomic E-state index is -0.374. The summed E-state index contributed by atoms with van der Waals surface area (Å²) in [5, 5.41) is 12.2. The van der Waals surface area contributed by atoms with Gasteiger partial charge in [-0.15, -0.1) is 22.9 Å². The Hall–Kier alpha value is -1.63. The van der Waals surface area contributed by atoms with Crippen molar-refractivity contribution in [1.82, 2.24) is 4.57 Å². The van der Waals surface area contributed by atoms with Gasteiger partial charge in [0.2, 0.25) is 5.35 Å². The molecule has 0 N–H and O–H groups in total. The molecule has 0 saturated carbocycles. The molecule has 0 fully saturated rings. The molecule has 1 aromatic carbocycles. The fourth-order valence-corrected chi connectivity index (χ4v) is 4.20. The van der Waals surface area contributed by atoms with Gasteiger partial charge in [0.1, 0.15) is 4.70 Å². The van der Waals surface area contributed by atoms with Crippen LogP contribution in [0.5, 0.6) is 0 Å². The molecule has 0 amide bonds. The van der Waals surface area contributed by atoms with Gasteiger partial charge in [-0.2, -0.15) is 8.97 Å². The van der Waals surface area contributed by atoms with Gasteiger partial charge in [0.25, 0.3) is 0 Å². The summed E-state index contributed by atoms with van der Waals surface area (Å²) < 4.78 is 6.01. The van der Waals surface area contributed by atoms with E-state index in [1.807, 2.05) is 30.3 Å². The van der Waals surface area contributed by atoms with Crippen molar-refractivity contribution in [3.05, 3.63) is 56.7 Å². The van der Waals surface area contributed by atoms with Gasteiger partial charge in [0.05, 0.1) is 10.9 Å². The zero-order chi connectivity index (χ0) is 15.4. The molecule has 0 unspecified atom stereocenters. The Bertz CT molecular complexity index is 1120. The van der Waals surface area contributed by atoms with Crippen molar-refractivity contribution in [2.24, 2.45) is 0 Å². The molecule has 22 heavy (non-hydrogen) atoms. The maximum Gasteiger partial charge on any atom is 0.385 e. The standard InChI is InChI=1S/C15H8BrClN2O2S/c16-8-3-4-11-9(6-8)19-14-12(22-11)2-1-5-18(14)13(15(19)21)10(20)7-17/h1-6H,7H2. The number of pyridine rings is 1. The van der Waals surface area contributed by atoms with Crippen LogP contribution in [0.2, 0.25) is 0 Å². The predicted octanol–water partition coefficient (Wildman–Crippen LogP) is 1.42. The predicted molar refractivity (Wildman–Crippen MR) is 88.8 cm³/mol. The van der Waals surface area contributed by atoms with Gasteiger partial charge in [0, 0.05) is 16.4 Å². The lowest BCUT2D eigenvalue weighted by Gasteiger charge is -2.04. The number of rotatable bonds is 1. The van der Waals surface area contributed by atoms with Gasteiger partial charge in [0.15, 0.2) is 5.52 Å². The number of halogens is 2. The number of nitrogens with zero attached hydrogens (tertiary/aromatic N) is 2. The first kappa shape index (κ1) is 14.0. The van der Waals surface area contributed by atoms with Gasteiger partial charge >= 0.3 is 11.4 Å². The van der Waals surface area contributed by atoms with E-state index >= 15 is 0 Å². The molecule has 2 aromatic rings. The molecule has 3 heterocycles. The highest BCUT2D eigenvalue weighted by Crippen LogP contribution is 2.29. The molecule has 4 nitrogen and oxygen atoms in total. The molecule has 7 heteroatoms. The third-order valence-corrected chi connectivity index (χ3v) is 5.40. The van der Waals surface area contributed by atoms with Crippen molar-refractivity contribution in [2.75, 3.05) is 5.88 Å². The number of hydrogen-bond acceptors (Lipinski definition) is 3. The summed E-state index contributed by atoms with van der Waals surface area (Å²) >= 11 is 10.7. The van der Waals surface area contributed by atoms with Crippen molar-refractivity contribution < 1.29 is 9.51 Å². The lowest BCUT2D eigenvalue weighted by molar-refractivity contribution is -0.545. The molecule has 4 rings (SSSR count). The van der Waals surface area contributed by atoms with Gasteiger partial charge in [-0.3, -0.25) is 0 Å². The average molecular weight is 396 g/mol. The van der Waals surface area contributed by atoms with Crippen LogP contribution in [0.15, 0.2) is 45.8 Å². The van der Waals surface area contributed by atoms with Crippen LogP contribution in [0.25, 0.3) is 26.5 Å². The Kier molecular flexibility index (Phi) is 3.14. The van der Waals surface area contributed by atoms with Crippen LogP contribution in [-0.4, -0.2) is 10.4 Å². The van der Waals surface area contributed by atoms with Gasteiger partial charge in [-0.25, -0.2) is 4.79 Å². The molecule has 0 atom stereocenters. The Labute approximate surface area is 142 Å². The van der Waals surface area contributed by atoms with Gasteiger partial charge in [-0.1, -0.05) is 21.7 Å². The van der Waals surface area contributed by atoms with Crippen LogP contribution in [0.4, 0.5) is 0 Å². The maximum absolute atomic E-state index is 12.8. The van der Waals surface area contributed by atoms with Gasteiger partial charge < -0.3 is 5.11 Å². The summed E-state index contributed by atoms with van der Waals surface area (Å²) in [6.07, 6.45) is 1.72. The van der Waals surface area contributed by atoms with E-state index in [1.54, 1.807) is 26.5 Å². The van der Waals surface area contributed by atoms with Crippen molar-refractivity contribution >= 4 is 59.5 Å². The highest BCUT2D eigenvalue weighted by molar-refractivity contribution is 9.10. The molecular weight excluding hydrogens is 388 g/mol. The molecule has 0 aliphatic carbocycles. The summed E-state index contributed by atoms with van der Waals surface area (Å²) in [7, 11) is 0. The van der Waals surface area contributed by atoms with E-state index in [-0.39, 0.29) is 22.5 Å². The van der Waals surface area contributed by atoms with E-state index in [2.05, 4.69) is 15.9 Å². The minimum absolute atomic E-state index is 0.0975. The third kappa shape index (κ3) is 1.81. The summed E-state index contributed by atoms with van der Waals surface area (Å²) in [5.41, 5.74) is 0.437. The Morgan fingerprint density at radius 1 is 1.36 bits per heavy atom. The van der Waals surface area contributed by atoms with Crippen LogP contribution in [-0.2, 0) is 0 Å². The average Bonchev–Trinajstić information content (AvgIpc) is 2.82. The summed E-state index contributed by atoms with van der Waals surface area (Å²) in [6, 6.07) is 9.54. The molecule has 2 aliphatic heterocycles. The monoisotopic (exact) mass is 394 g/mol. The Morgan fingerprint density at radius 2 is 2.18 bits per heavy atom. The third-order valence-electron chi connectivity index (χ3n) is 3.56. The second-order valence-corrected chi connectivity index (χ2v) is 7.09. The van der Waals surface area contributed by atoms with E-state index < -0.39 is 0 Å². The maximum atomic E-state index is 12.8. The fourth-order valence-electron chi connectivity index (χ4n) is 2.67. The molecule has 110 valence electrons. The molecular formula is C15H8BrClN2O2S. The molecule has 0 spiro atoms. The summed E-state index contributed by atoms with van der Waals surface area (Å²) in [5.74, 6) is 0.113. The second-order valence-electron chi connectivity index (χ2n) is 4.83. The quantitative estimate of drug-likeness (QED) is 0.278. The largest absolute Gasteiger partial charge is 0.872 e. The van der Waals surface area contributed by atoms with E-state index in [0.717, 1.165) is 19.4 Å². The van der Waals surface area contributed by atoms with Crippen molar-refractivity contribution in [3.63, 3.8) is 0 Å². The summed E-state index contributed by atoms with van der Waals surface area (Å²) in [6.45, 7) is 0.